The molecule has 2 N–H and O–H groups in total. The Morgan fingerprint density at radius 2 is 1.52 bits per heavy atom. The van der Waals surface area contributed by atoms with Gasteiger partial charge in [0.05, 0.1) is 34.6 Å². The number of fused-ring (bicyclic) bond motifs is 1. The van der Waals surface area contributed by atoms with Gasteiger partial charge in [0.25, 0.3) is 5.56 Å². The maximum Gasteiger partial charge on any atom is 0.273 e. The highest BCUT2D eigenvalue weighted by molar-refractivity contribution is 7.92. The SMILES string of the molecule is CCS(=O)(=O)Nc1cc(-c2cc(NC3CCN(S(C)(=O)=O)CC3)c(=O)n(C)c2)cc2c1ccn2C(C)(c1ccccn1)c1ccccn1. The topological polar surface area (TPSA) is 148 Å². The first-order chi connectivity index (χ1) is 22.8. The fraction of sp³-hybridized carbons (Fsp3) is 0.324. The maximum absolute atomic E-state index is 13.3. The van der Waals surface area contributed by atoms with Gasteiger partial charge in [0, 0.05) is 61.9 Å². The summed E-state index contributed by atoms with van der Waals surface area (Å²) in [6, 6.07) is 18.8. The van der Waals surface area contributed by atoms with Crippen molar-refractivity contribution in [3.8, 4) is 11.1 Å². The molecule has 4 aromatic heterocycles. The van der Waals surface area contributed by atoms with Crippen LogP contribution in [0.5, 0.6) is 0 Å². The Labute approximate surface area is 280 Å². The minimum absolute atomic E-state index is 0.0879. The third-order valence-corrected chi connectivity index (χ3v) is 11.7. The van der Waals surface area contributed by atoms with E-state index in [1.807, 2.05) is 61.7 Å². The van der Waals surface area contributed by atoms with Gasteiger partial charge in [0.2, 0.25) is 20.0 Å². The minimum atomic E-state index is -3.65. The molecule has 48 heavy (non-hydrogen) atoms. The highest BCUT2D eigenvalue weighted by Gasteiger charge is 2.35. The summed E-state index contributed by atoms with van der Waals surface area (Å²) in [5.41, 5.74) is 3.30. The zero-order valence-corrected chi connectivity index (χ0v) is 28.9. The second kappa shape index (κ2) is 12.8. The summed E-state index contributed by atoms with van der Waals surface area (Å²) in [5.74, 6) is -0.106. The first-order valence-electron chi connectivity index (χ1n) is 15.7. The average Bonchev–Trinajstić information content (AvgIpc) is 3.52. The number of piperidine rings is 1. The van der Waals surface area contributed by atoms with Gasteiger partial charge in [0.1, 0.15) is 11.2 Å². The van der Waals surface area contributed by atoms with Gasteiger partial charge in [-0.05, 0) is 80.8 Å². The lowest BCUT2D eigenvalue weighted by molar-refractivity contribution is 0.331. The smallest absolute Gasteiger partial charge is 0.273 e. The normalized spacial score (nSPS) is 15.1. The monoisotopic (exact) mass is 689 g/mol. The van der Waals surface area contributed by atoms with Crippen LogP contribution in [-0.4, -0.2) is 71.4 Å². The quantitative estimate of drug-likeness (QED) is 0.222. The Morgan fingerprint density at radius 1 is 0.896 bits per heavy atom. The van der Waals surface area contributed by atoms with Crippen molar-refractivity contribution in [2.45, 2.75) is 38.3 Å². The van der Waals surface area contributed by atoms with E-state index in [-0.39, 0.29) is 17.4 Å². The second-order valence-corrected chi connectivity index (χ2v) is 16.3. The summed E-state index contributed by atoms with van der Waals surface area (Å²) in [5, 5.41) is 4.05. The number of hydrogen-bond donors (Lipinski definition) is 2. The van der Waals surface area contributed by atoms with Crippen molar-refractivity contribution in [3.63, 3.8) is 0 Å². The van der Waals surface area contributed by atoms with E-state index in [1.165, 1.54) is 15.1 Å². The lowest BCUT2D eigenvalue weighted by Crippen LogP contribution is -2.42. The van der Waals surface area contributed by atoms with Crippen LogP contribution in [0, 0.1) is 0 Å². The van der Waals surface area contributed by atoms with Crippen LogP contribution >= 0.6 is 0 Å². The number of benzene rings is 1. The van der Waals surface area contributed by atoms with Crippen molar-refractivity contribution in [1.82, 2.24) is 23.4 Å². The Bertz CT molecular complexity index is 2190. The van der Waals surface area contributed by atoms with Crippen molar-refractivity contribution in [3.05, 3.63) is 107 Å². The predicted octanol–water partition coefficient (Wildman–Crippen LogP) is 4.21. The van der Waals surface area contributed by atoms with Crippen LogP contribution in [0.1, 0.15) is 38.1 Å². The molecule has 14 heteroatoms. The summed E-state index contributed by atoms with van der Waals surface area (Å²) in [4.78, 5) is 22.7. The standard InChI is InChI=1S/C34H39N7O5S2/c1-5-48(45,46)38-28-20-24(25-21-29(33(42)39(3)23-25)37-26-12-17-40(18-13-26)47(4,43)44)22-30-27(28)14-19-41(30)34(2,31-10-6-8-15-35-31)32-11-7-9-16-36-32/h6-11,14-16,19-23,26,37-38H,5,12-13,17-18H2,1-4H3. The van der Waals surface area contributed by atoms with Crippen LogP contribution in [0.25, 0.3) is 22.0 Å². The lowest BCUT2D eigenvalue weighted by Gasteiger charge is -2.32. The number of nitrogens with one attached hydrogen (secondary N) is 2. The molecule has 1 aliphatic heterocycles. The molecule has 0 unspecified atom stereocenters. The highest BCUT2D eigenvalue weighted by Crippen LogP contribution is 2.39. The molecule has 12 nitrogen and oxygen atoms in total. The fourth-order valence-electron chi connectivity index (χ4n) is 6.33. The van der Waals surface area contributed by atoms with Gasteiger partial charge in [-0.3, -0.25) is 19.5 Å². The summed E-state index contributed by atoms with van der Waals surface area (Å²) in [7, 11) is -5.26. The molecule has 1 aliphatic rings. The number of aryl methyl sites for hydroxylation is 1. The van der Waals surface area contributed by atoms with Crippen molar-refractivity contribution >= 4 is 42.3 Å². The van der Waals surface area contributed by atoms with Crippen molar-refractivity contribution < 1.29 is 16.8 Å². The van der Waals surface area contributed by atoms with Crippen molar-refractivity contribution in [1.29, 1.82) is 0 Å². The van der Waals surface area contributed by atoms with E-state index in [9.17, 15) is 21.6 Å². The molecule has 0 amide bonds. The Hall–Kier alpha value is -4.53. The number of pyridine rings is 3. The third kappa shape index (κ3) is 6.47. The zero-order chi connectivity index (χ0) is 34.3. The summed E-state index contributed by atoms with van der Waals surface area (Å²) >= 11 is 0. The molecule has 1 aromatic carbocycles. The molecule has 1 saturated heterocycles. The fourth-order valence-corrected chi connectivity index (χ4v) is 7.85. The van der Waals surface area contributed by atoms with Gasteiger partial charge in [0.15, 0.2) is 0 Å². The highest BCUT2D eigenvalue weighted by atomic mass is 32.2. The van der Waals surface area contributed by atoms with Crippen LogP contribution < -0.4 is 15.6 Å². The molecule has 0 bridgehead atoms. The lowest BCUT2D eigenvalue weighted by atomic mass is 9.91. The number of nitrogens with zero attached hydrogens (tertiary/aromatic N) is 5. The first-order valence-corrected chi connectivity index (χ1v) is 19.2. The summed E-state index contributed by atoms with van der Waals surface area (Å²) < 4.78 is 57.7. The van der Waals surface area contributed by atoms with Gasteiger partial charge < -0.3 is 14.5 Å². The van der Waals surface area contributed by atoms with E-state index in [1.54, 1.807) is 44.7 Å². The minimum Gasteiger partial charge on any atom is -0.378 e. The zero-order valence-electron chi connectivity index (χ0n) is 27.3. The van der Waals surface area contributed by atoms with Crippen LogP contribution in [0.2, 0.25) is 0 Å². The molecular weight excluding hydrogens is 651 g/mol. The molecule has 1 fully saturated rings. The van der Waals surface area contributed by atoms with E-state index in [2.05, 4.69) is 14.6 Å². The van der Waals surface area contributed by atoms with Gasteiger partial charge in [-0.15, -0.1) is 0 Å². The van der Waals surface area contributed by atoms with Crippen molar-refractivity contribution in [2.24, 2.45) is 7.05 Å². The number of anilines is 2. The average molecular weight is 690 g/mol. The van der Waals surface area contributed by atoms with Gasteiger partial charge in [-0.1, -0.05) is 12.1 Å². The molecule has 6 rings (SSSR count). The molecule has 0 saturated carbocycles. The van der Waals surface area contributed by atoms with Crippen LogP contribution in [0.4, 0.5) is 11.4 Å². The molecule has 252 valence electrons. The van der Waals surface area contributed by atoms with Gasteiger partial charge >= 0.3 is 0 Å². The molecular formula is C34H39N7O5S2. The molecule has 0 spiro atoms. The third-order valence-electron chi connectivity index (χ3n) is 9.06. The van der Waals surface area contributed by atoms with E-state index in [0.717, 1.165) is 16.9 Å². The maximum atomic E-state index is 13.3. The second-order valence-electron chi connectivity index (χ2n) is 12.3. The molecule has 5 aromatic rings. The van der Waals surface area contributed by atoms with Gasteiger partial charge in [-0.2, -0.15) is 0 Å². The molecule has 0 aliphatic carbocycles. The van der Waals surface area contributed by atoms with Gasteiger partial charge in [-0.25, -0.2) is 21.1 Å². The Balaban J connectivity index is 1.50. The van der Waals surface area contributed by atoms with Crippen LogP contribution in [0.15, 0.2) is 90.2 Å². The molecule has 0 radical (unpaired) electrons. The van der Waals surface area contributed by atoms with E-state index in [0.29, 0.717) is 53.8 Å². The van der Waals surface area contributed by atoms with Crippen LogP contribution in [0.3, 0.4) is 0 Å². The number of hydrogen-bond acceptors (Lipinski definition) is 8. The predicted molar refractivity (Wildman–Crippen MR) is 189 cm³/mol. The van der Waals surface area contributed by atoms with Crippen LogP contribution in [-0.2, 0) is 32.6 Å². The molecule has 0 atom stereocenters. The van der Waals surface area contributed by atoms with E-state index < -0.39 is 25.6 Å². The number of aromatic nitrogens is 4. The van der Waals surface area contributed by atoms with E-state index in [4.69, 9.17) is 9.97 Å². The van der Waals surface area contributed by atoms with E-state index >= 15 is 0 Å². The Morgan fingerprint density at radius 3 is 2.08 bits per heavy atom. The van der Waals surface area contributed by atoms with Crippen molar-refractivity contribution in [2.75, 3.05) is 35.1 Å². The number of sulfonamides is 2. The summed E-state index contributed by atoms with van der Waals surface area (Å²) in [6.45, 7) is 4.36. The Kier molecular flexibility index (Phi) is 8.92. The largest absolute Gasteiger partial charge is 0.378 e. The molecule has 5 heterocycles. The summed E-state index contributed by atoms with van der Waals surface area (Å²) in [6.07, 6.45) is 9.43. The number of rotatable bonds is 10. The first kappa shape index (κ1) is 33.4.